The third-order valence-corrected chi connectivity index (χ3v) is 3.92. The predicted octanol–water partition coefficient (Wildman–Crippen LogP) is 2.84. The van der Waals surface area contributed by atoms with E-state index in [2.05, 4.69) is 16.9 Å². The molecule has 1 aromatic heterocycles. The Morgan fingerprint density at radius 3 is 2.65 bits per heavy atom. The second kappa shape index (κ2) is 5.12. The van der Waals surface area contributed by atoms with Gasteiger partial charge in [-0.05, 0) is 31.4 Å². The van der Waals surface area contributed by atoms with Crippen molar-refractivity contribution in [1.29, 1.82) is 0 Å². The van der Waals surface area contributed by atoms with Crippen LogP contribution in [0.5, 0.6) is 0 Å². The average Bonchev–Trinajstić information content (AvgIpc) is 3.03. The van der Waals surface area contributed by atoms with Gasteiger partial charge in [0.05, 0.1) is 16.9 Å². The summed E-state index contributed by atoms with van der Waals surface area (Å²) in [4.78, 5) is 13.7. The van der Waals surface area contributed by atoms with Crippen molar-refractivity contribution in [3.8, 4) is 5.69 Å². The van der Waals surface area contributed by atoms with Crippen molar-refractivity contribution in [3.63, 3.8) is 0 Å². The lowest BCUT2D eigenvalue weighted by atomic mass is 10.2. The molecule has 3 rings (SSSR count). The van der Waals surface area contributed by atoms with Crippen LogP contribution in [0.25, 0.3) is 5.69 Å². The maximum Gasteiger partial charge on any atom is 0.155 e. The van der Waals surface area contributed by atoms with E-state index < -0.39 is 0 Å². The fraction of sp³-hybridized carbons (Fsp3) is 0.375. The maximum atomic E-state index is 11.5. The zero-order chi connectivity index (χ0) is 14.1. The van der Waals surface area contributed by atoms with E-state index in [-0.39, 0.29) is 0 Å². The average molecular weight is 269 g/mol. The van der Waals surface area contributed by atoms with Crippen molar-refractivity contribution in [2.45, 2.75) is 20.3 Å². The molecule has 1 aromatic carbocycles. The van der Waals surface area contributed by atoms with Crippen molar-refractivity contribution in [1.82, 2.24) is 9.78 Å². The Balaban J connectivity index is 2.13. The Bertz CT molecular complexity index is 618. The fourth-order valence-corrected chi connectivity index (χ4v) is 2.85. The Morgan fingerprint density at radius 2 is 2.05 bits per heavy atom. The lowest BCUT2D eigenvalue weighted by Crippen LogP contribution is -2.23. The minimum Gasteiger partial charge on any atom is -0.356 e. The van der Waals surface area contributed by atoms with Gasteiger partial charge in [-0.2, -0.15) is 5.10 Å². The van der Waals surface area contributed by atoms with Gasteiger partial charge in [-0.25, -0.2) is 4.68 Å². The predicted molar refractivity (Wildman–Crippen MR) is 79.7 cm³/mol. The van der Waals surface area contributed by atoms with Gasteiger partial charge in [-0.3, -0.25) is 4.79 Å². The molecule has 1 aliphatic heterocycles. The van der Waals surface area contributed by atoms with Gasteiger partial charge < -0.3 is 4.90 Å². The van der Waals surface area contributed by atoms with E-state index in [1.165, 1.54) is 0 Å². The molecule has 0 spiro atoms. The third-order valence-electron chi connectivity index (χ3n) is 3.92. The number of hydrogen-bond donors (Lipinski definition) is 0. The van der Waals surface area contributed by atoms with Crippen LogP contribution >= 0.6 is 0 Å². The summed E-state index contributed by atoms with van der Waals surface area (Å²) in [5.74, 6) is 1.60. The smallest absolute Gasteiger partial charge is 0.155 e. The first kappa shape index (κ1) is 12.9. The first-order valence-corrected chi connectivity index (χ1v) is 7.06. The van der Waals surface area contributed by atoms with Crippen molar-refractivity contribution < 1.29 is 4.79 Å². The normalized spacial score (nSPS) is 18.5. The number of carbonyl (C=O) groups is 1. The first-order chi connectivity index (χ1) is 9.70. The second-order valence-corrected chi connectivity index (χ2v) is 5.53. The quantitative estimate of drug-likeness (QED) is 0.804. The molecule has 2 heterocycles. The number of aldehydes is 1. The van der Waals surface area contributed by atoms with Crippen LogP contribution in [0.15, 0.2) is 30.3 Å². The molecular formula is C16H19N3O. The van der Waals surface area contributed by atoms with Gasteiger partial charge in [0.1, 0.15) is 5.82 Å². The lowest BCUT2D eigenvalue weighted by molar-refractivity contribution is 0.112. The molecule has 104 valence electrons. The van der Waals surface area contributed by atoms with E-state index in [9.17, 15) is 4.79 Å². The summed E-state index contributed by atoms with van der Waals surface area (Å²) in [6.07, 6.45) is 2.09. The van der Waals surface area contributed by atoms with Crippen LogP contribution in [0, 0.1) is 12.8 Å². The number of carbonyl (C=O) groups excluding carboxylic acids is 1. The number of nitrogens with zero attached hydrogens (tertiary/aromatic N) is 3. The van der Waals surface area contributed by atoms with Gasteiger partial charge in [-0.15, -0.1) is 0 Å². The number of benzene rings is 1. The summed E-state index contributed by atoms with van der Waals surface area (Å²) >= 11 is 0. The van der Waals surface area contributed by atoms with Crippen LogP contribution in [0.2, 0.25) is 0 Å². The summed E-state index contributed by atoms with van der Waals surface area (Å²) in [5, 5.41) is 4.57. The van der Waals surface area contributed by atoms with E-state index >= 15 is 0 Å². The molecule has 0 amide bonds. The molecule has 1 fully saturated rings. The van der Waals surface area contributed by atoms with Crippen LogP contribution in [-0.4, -0.2) is 29.2 Å². The first-order valence-electron chi connectivity index (χ1n) is 7.06. The van der Waals surface area contributed by atoms with Gasteiger partial charge in [0, 0.05) is 13.1 Å². The number of aromatic nitrogens is 2. The van der Waals surface area contributed by atoms with Crippen molar-refractivity contribution in [2.24, 2.45) is 5.92 Å². The molecule has 0 radical (unpaired) electrons. The Kier molecular flexibility index (Phi) is 3.30. The van der Waals surface area contributed by atoms with E-state index in [1.807, 2.05) is 41.9 Å². The molecule has 1 saturated heterocycles. The maximum absolute atomic E-state index is 11.5. The summed E-state index contributed by atoms with van der Waals surface area (Å²) in [6.45, 7) is 6.11. The SMILES string of the molecule is Cc1nn(-c2ccccc2)c(N2CCC(C)C2)c1C=O. The molecular weight excluding hydrogens is 250 g/mol. The molecule has 4 nitrogen and oxygen atoms in total. The number of hydrogen-bond acceptors (Lipinski definition) is 3. The molecule has 0 bridgehead atoms. The van der Waals surface area contributed by atoms with Gasteiger partial charge in [0.25, 0.3) is 0 Å². The van der Waals surface area contributed by atoms with Crippen molar-refractivity contribution >= 4 is 12.1 Å². The largest absolute Gasteiger partial charge is 0.356 e. The number of para-hydroxylation sites is 1. The topological polar surface area (TPSA) is 38.1 Å². The molecule has 0 N–H and O–H groups in total. The molecule has 1 atom stereocenters. The van der Waals surface area contributed by atoms with Crippen molar-refractivity contribution in [3.05, 3.63) is 41.6 Å². The summed E-state index contributed by atoms with van der Waals surface area (Å²) in [6, 6.07) is 10.00. The lowest BCUT2D eigenvalue weighted by Gasteiger charge is -2.20. The van der Waals surface area contributed by atoms with E-state index in [1.54, 1.807) is 0 Å². The van der Waals surface area contributed by atoms with Crippen LogP contribution in [-0.2, 0) is 0 Å². The summed E-state index contributed by atoms with van der Waals surface area (Å²) in [7, 11) is 0. The minimum absolute atomic E-state index is 0.661. The number of anilines is 1. The van der Waals surface area contributed by atoms with Crippen LogP contribution in [0.4, 0.5) is 5.82 Å². The summed E-state index contributed by atoms with van der Waals surface area (Å²) < 4.78 is 1.90. The molecule has 1 unspecified atom stereocenters. The van der Waals surface area contributed by atoms with Gasteiger partial charge >= 0.3 is 0 Å². The van der Waals surface area contributed by atoms with E-state index in [4.69, 9.17) is 0 Å². The number of aryl methyl sites for hydroxylation is 1. The van der Waals surface area contributed by atoms with Crippen LogP contribution < -0.4 is 4.90 Å². The van der Waals surface area contributed by atoms with Crippen LogP contribution in [0.1, 0.15) is 29.4 Å². The Labute approximate surface area is 119 Å². The Morgan fingerprint density at radius 1 is 1.30 bits per heavy atom. The minimum atomic E-state index is 0.661. The zero-order valence-corrected chi connectivity index (χ0v) is 11.9. The van der Waals surface area contributed by atoms with Gasteiger partial charge in [-0.1, -0.05) is 25.1 Å². The van der Waals surface area contributed by atoms with E-state index in [0.29, 0.717) is 11.5 Å². The number of rotatable bonds is 3. The highest BCUT2D eigenvalue weighted by Gasteiger charge is 2.26. The van der Waals surface area contributed by atoms with Gasteiger partial charge in [0.15, 0.2) is 6.29 Å². The van der Waals surface area contributed by atoms with E-state index in [0.717, 1.165) is 43.0 Å². The molecule has 0 saturated carbocycles. The monoisotopic (exact) mass is 269 g/mol. The molecule has 20 heavy (non-hydrogen) atoms. The molecule has 1 aliphatic rings. The Hall–Kier alpha value is -2.10. The zero-order valence-electron chi connectivity index (χ0n) is 11.9. The molecule has 4 heteroatoms. The highest BCUT2D eigenvalue weighted by atomic mass is 16.1. The van der Waals surface area contributed by atoms with Gasteiger partial charge in [0.2, 0.25) is 0 Å². The standard InChI is InChI=1S/C16H19N3O/c1-12-8-9-18(10-12)16-15(11-20)13(2)17-19(16)14-6-4-3-5-7-14/h3-7,11-12H,8-10H2,1-2H3. The fourth-order valence-electron chi connectivity index (χ4n) is 2.85. The third kappa shape index (κ3) is 2.11. The van der Waals surface area contributed by atoms with Crippen LogP contribution in [0.3, 0.4) is 0 Å². The summed E-state index contributed by atoms with van der Waals surface area (Å²) in [5.41, 5.74) is 2.50. The molecule has 2 aromatic rings. The molecule has 0 aliphatic carbocycles. The highest BCUT2D eigenvalue weighted by molar-refractivity contribution is 5.85. The highest BCUT2D eigenvalue weighted by Crippen LogP contribution is 2.30. The van der Waals surface area contributed by atoms with Crippen molar-refractivity contribution in [2.75, 3.05) is 18.0 Å². The second-order valence-electron chi connectivity index (χ2n) is 5.53.